The summed E-state index contributed by atoms with van der Waals surface area (Å²) in [4.78, 5) is 16.9. The first-order valence-electron chi connectivity index (χ1n) is 11.5. The number of aromatic nitrogens is 4. The van der Waals surface area contributed by atoms with Crippen molar-refractivity contribution in [3.63, 3.8) is 0 Å². The van der Waals surface area contributed by atoms with Gasteiger partial charge in [0.05, 0.1) is 18.4 Å². The number of alkyl halides is 3. The molecule has 0 bridgehead atoms. The summed E-state index contributed by atoms with van der Waals surface area (Å²) in [7, 11) is -3.10. The lowest BCUT2D eigenvalue weighted by atomic mass is 10.1. The molecule has 1 amide bonds. The maximum atomic E-state index is 12.6. The number of aryl methyl sites for hydroxylation is 1. The smallest absolute Gasteiger partial charge is 0.465 e. The fraction of sp³-hybridized carbons (Fsp3) is 0.154. The Hall–Kier alpha value is -4.52. The van der Waals surface area contributed by atoms with Gasteiger partial charge in [-0.15, -0.1) is 5.10 Å². The van der Waals surface area contributed by atoms with Crippen LogP contribution in [0.1, 0.15) is 29.1 Å². The van der Waals surface area contributed by atoms with Crippen LogP contribution in [0.25, 0.3) is 18.2 Å². The summed E-state index contributed by atoms with van der Waals surface area (Å²) >= 11 is 0. The fourth-order valence-corrected chi connectivity index (χ4v) is 4.10. The highest BCUT2D eigenvalue weighted by Crippen LogP contribution is 2.26. The number of rotatable bonds is 10. The maximum Gasteiger partial charge on any atom is 0.475 e. The summed E-state index contributed by atoms with van der Waals surface area (Å²) in [6.07, 6.45) is 11.3. The Kier molecular flexibility index (Phi) is 8.71. The van der Waals surface area contributed by atoms with Crippen molar-refractivity contribution in [3.05, 3.63) is 96.0 Å². The van der Waals surface area contributed by atoms with Crippen molar-refractivity contribution >= 4 is 40.8 Å². The molecule has 0 fully saturated rings. The number of allylic oxidation sites excluding steroid dienone is 1. The number of halogens is 3. The molecular weight excluding hydrogens is 535 g/mol. The number of anilines is 1. The van der Waals surface area contributed by atoms with E-state index in [4.69, 9.17) is 4.42 Å². The van der Waals surface area contributed by atoms with E-state index in [1.807, 2.05) is 24.3 Å². The first kappa shape index (κ1) is 27.5. The normalized spacial score (nSPS) is 12.8. The van der Waals surface area contributed by atoms with E-state index in [0.29, 0.717) is 23.5 Å². The predicted molar refractivity (Wildman–Crippen MR) is 139 cm³/mol. The minimum Gasteiger partial charge on any atom is -0.465 e. The summed E-state index contributed by atoms with van der Waals surface area (Å²) in [5.41, 5.74) is -2.55. The van der Waals surface area contributed by atoms with Crippen LogP contribution in [0.4, 0.5) is 23.7 Å². The van der Waals surface area contributed by atoms with Gasteiger partial charge in [0.1, 0.15) is 6.26 Å². The second kappa shape index (κ2) is 12.3. The Morgan fingerprint density at radius 2 is 1.74 bits per heavy atom. The van der Waals surface area contributed by atoms with Crippen molar-refractivity contribution in [1.29, 1.82) is 0 Å². The Bertz CT molecular complexity index is 1460. The zero-order valence-electron chi connectivity index (χ0n) is 20.2. The van der Waals surface area contributed by atoms with Gasteiger partial charge < -0.3 is 9.52 Å². The predicted octanol–water partition coefficient (Wildman–Crippen LogP) is 5.85. The molecule has 1 unspecified atom stereocenters. The monoisotopic (exact) mass is 557 g/mol. The van der Waals surface area contributed by atoms with Crippen LogP contribution in [0.15, 0.2) is 82.6 Å². The van der Waals surface area contributed by atoms with Crippen LogP contribution in [0.3, 0.4) is 0 Å². The van der Waals surface area contributed by atoms with Crippen LogP contribution in [-0.4, -0.2) is 40.9 Å². The number of hydrogen-bond acceptors (Lipinski definition) is 6. The second-order valence-electron chi connectivity index (χ2n) is 8.11. The minimum absolute atomic E-state index is 0.0578. The lowest BCUT2D eigenvalue weighted by Crippen LogP contribution is -2.28. The summed E-state index contributed by atoms with van der Waals surface area (Å²) in [6, 6.07) is 12.1. The molecule has 13 heteroatoms. The summed E-state index contributed by atoms with van der Waals surface area (Å²) < 4.78 is 56.3. The molecule has 0 saturated heterocycles. The van der Waals surface area contributed by atoms with E-state index in [1.165, 1.54) is 24.5 Å². The van der Waals surface area contributed by atoms with Crippen molar-refractivity contribution < 1.29 is 31.7 Å². The van der Waals surface area contributed by atoms with E-state index in [2.05, 4.69) is 15.3 Å². The zero-order valence-corrected chi connectivity index (χ0v) is 21.0. The van der Waals surface area contributed by atoms with Crippen molar-refractivity contribution in [3.8, 4) is 0 Å². The van der Waals surface area contributed by atoms with E-state index in [1.54, 1.807) is 35.3 Å². The van der Waals surface area contributed by atoms with Crippen LogP contribution < -0.4 is 4.90 Å². The summed E-state index contributed by atoms with van der Waals surface area (Å²) in [6.45, 7) is 0.643. The molecule has 1 N–H and O–H groups in total. The molecule has 0 aliphatic heterocycles. The minimum atomic E-state index is -4.83. The number of hydrogen-bond donors (Lipinski definition) is 1. The fourth-order valence-electron chi connectivity index (χ4n) is 3.45. The molecule has 0 radical (unpaired) electrons. The molecule has 4 rings (SSSR count). The number of oxazole rings is 1. The van der Waals surface area contributed by atoms with Gasteiger partial charge in [-0.1, -0.05) is 41.6 Å². The molecule has 202 valence electrons. The number of nitrogens with zero attached hydrogens (tertiary/aromatic N) is 5. The lowest BCUT2D eigenvalue weighted by Gasteiger charge is -2.18. The van der Waals surface area contributed by atoms with Gasteiger partial charge in [-0.25, -0.2) is 14.0 Å². The van der Waals surface area contributed by atoms with Gasteiger partial charge in [0.15, 0.2) is 10.8 Å². The number of carboxylic acid groups (broad SMARTS) is 1. The third-order valence-corrected chi connectivity index (χ3v) is 6.48. The van der Waals surface area contributed by atoms with E-state index >= 15 is 0 Å². The second-order valence-corrected chi connectivity index (χ2v) is 9.58. The molecule has 0 spiro atoms. The maximum absolute atomic E-state index is 12.6. The van der Waals surface area contributed by atoms with E-state index < -0.39 is 22.4 Å². The van der Waals surface area contributed by atoms with Gasteiger partial charge in [0, 0.05) is 29.4 Å². The van der Waals surface area contributed by atoms with Crippen molar-refractivity contribution in [2.45, 2.75) is 29.9 Å². The first-order chi connectivity index (χ1) is 18.7. The van der Waals surface area contributed by atoms with Gasteiger partial charge >= 0.3 is 11.6 Å². The number of carbonyl (C=O) groups is 1. The van der Waals surface area contributed by atoms with Gasteiger partial charge in [0.25, 0.3) is 0 Å². The van der Waals surface area contributed by atoms with Gasteiger partial charge in [-0.05, 0) is 47.9 Å². The average molecular weight is 558 g/mol. The molecule has 0 saturated carbocycles. The molecular formula is C26H22F3N5O4S. The Balaban J connectivity index is 1.35. The quantitative estimate of drug-likeness (QED) is 0.260. The van der Waals surface area contributed by atoms with Crippen LogP contribution in [0.5, 0.6) is 0 Å². The SMILES string of the molecule is O=C(O)N(Cc1coc(/C=C/c2ccc(S(=O)C(F)(F)F)cc2)n1)c1ccc(/C=C/CCn2ccnn2)cc1. The van der Waals surface area contributed by atoms with E-state index in [-0.39, 0.29) is 17.3 Å². The van der Waals surface area contributed by atoms with Gasteiger partial charge in [-0.3, -0.25) is 9.58 Å². The highest BCUT2D eigenvalue weighted by atomic mass is 32.2. The number of amides is 1. The highest BCUT2D eigenvalue weighted by Gasteiger charge is 2.37. The molecule has 39 heavy (non-hydrogen) atoms. The lowest BCUT2D eigenvalue weighted by molar-refractivity contribution is -0.0384. The topological polar surface area (TPSA) is 114 Å². The molecule has 1 atom stereocenters. The molecule has 0 aliphatic carbocycles. The van der Waals surface area contributed by atoms with Crippen LogP contribution in [-0.2, 0) is 23.9 Å². The van der Waals surface area contributed by atoms with E-state index in [0.717, 1.165) is 29.0 Å². The molecule has 2 aromatic heterocycles. The van der Waals surface area contributed by atoms with Gasteiger partial charge in [-0.2, -0.15) is 13.2 Å². The molecule has 2 aromatic carbocycles. The standard InChI is InChI=1S/C26H22F3N5O4S/c27-26(28,29)39(37)23-11-6-20(7-12-23)8-13-24-31-21(18-38-24)17-34(25(35)36)22-9-4-19(5-10-22)3-1-2-15-33-16-14-30-32-33/h1,3-14,16,18H,2,15,17H2,(H,35,36)/b3-1+,13-8+. The largest absolute Gasteiger partial charge is 0.475 e. The Morgan fingerprint density at radius 3 is 2.38 bits per heavy atom. The first-order valence-corrected chi connectivity index (χ1v) is 12.7. The Morgan fingerprint density at radius 1 is 1.05 bits per heavy atom. The molecule has 9 nitrogen and oxygen atoms in total. The third kappa shape index (κ3) is 7.74. The average Bonchev–Trinajstić information content (AvgIpc) is 3.60. The number of benzene rings is 2. The Labute approximate surface area is 223 Å². The summed E-state index contributed by atoms with van der Waals surface area (Å²) in [5, 5.41) is 17.4. The highest BCUT2D eigenvalue weighted by molar-refractivity contribution is 7.86. The van der Waals surface area contributed by atoms with Crippen molar-refractivity contribution in [2.24, 2.45) is 0 Å². The molecule has 2 heterocycles. The van der Waals surface area contributed by atoms with Gasteiger partial charge in [0.2, 0.25) is 5.89 Å². The zero-order chi connectivity index (χ0) is 27.8. The molecule has 0 aliphatic rings. The third-order valence-electron chi connectivity index (χ3n) is 5.36. The molecule has 4 aromatic rings. The van der Waals surface area contributed by atoms with E-state index in [9.17, 15) is 27.3 Å². The van der Waals surface area contributed by atoms with Crippen LogP contribution >= 0.6 is 0 Å². The summed E-state index contributed by atoms with van der Waals surface area (Å²) in [5.74, 6) is 0.185. The van der Waals surface area contributed by atoms with Crippen molar-refractivity contribution in [2.75, 3.05) is 4.90 Å². The van der Waals surface area contributed by atoms with Crippen LogP contribution in [0, 0.1) is 0 Å². The van der Waals surface area contributed by atoms with Crippen molar-refractivity contribution in [1.82, 2.24) is 20.0 Å². The van der Waals surface area contributed by atoms with Crippen LogP contribution in [0.2, 0.25) is 0 Å².